The molecule has 0 fully saturated rings. The summed E-state index contributed by atoms with van der Waals surface area (Å²) >= 11 is 1.44. The summed E-state index contributed by atoms with van der Waals surface area (Å²) in [6.45, 7) is 1.67. The number of carbonyl (C=O) groups is 1. The fourth-order valence-corrected chi connectivity index (χ4v) is 4.36. The highest BCUT2D eigenvalue weighted by Gasteiger charge is 2.20. The molecule has 0 atom stereocenters. The van der Waals surface area contributed by atoms with Crippen molar-refractivity contribution in [2.24, 2.45) is 0 Å². The van der Waals surface area contributed by atoms with E-state index < -0.39 is 10.0 Å². The van der Waals surface area contributed by atoms with Crippen molar-refractivity contribution in [2.75, 3.05) is 25.9 Å². The van der Waals surface area contributed by atoms with Crippen LogP contribution < -0.4 is 4.72 Å². The molecule has 7 heteroatoms. The second kappa shape index (κ2) is 8.16. The second-order valence-electron chi connectivity index (χ2n) is 6.28. The quantitative estimate of drug-likeness (QED) is 0.825. The van der Waals surface area contributed by atoms with Gasteiger partial charge in [0, 0.05) is 24.5 Å². The number of rotatable bonds is 6. The van der Waals surface area contributed by atoms with Crippen LogP contribution >= 0.6 is 11.3 Å². The predicted octanol–water partition coefficient (Wildman–Crippen LogP) is 2.77. The number of sulfonamides is 1. The van der Waals surface area contributed by atoms with Gasteiger partial charge in [-0.3, -0.25) is 4.79 Å². The van der Waals surface area contributed by atoms with Crippen molar-refractivity contribution < 1.29 is 13.2 Å². The van der Waals surface area contributed by atoms with Crippen molar-refractivity contribution in [3.8, 4) is 0 Å². The second-order valence-corrected chi connectivity index (χ2v) is 9.28. The van der Waals surface area contributed by atoms with E-state index in [9.17, 15) is 13.2 Å². The number of hydrogen-bond donors (Lipinski definition) is 1. The topological polar surface area (TPSA) is 66.5 Å². The Labute approximate surface area is 158 Å². The molecule has 1 aromatic heterocycles. The lowest BCUT2D eigenvalue weighted by Crippen LogP contribution is -2.34. The average molecular weight is 391 g/mol. The maximum Gasteiger partial charge on any atom is 0.264 e. The summed E-state index contributed by atoms with van der Waals surface area (Å²) < 4.78 is 24.7. The normalized spacial score (nSPS) is 15.0. The Balaban J connectivity index is 1.58. The average Bonchev–Trinajstić information content (AvgIpc) is 3.10. The van der Waals surface area contributed by atoms with Crippen LogP contribution in [-0.2, 0) is 16.4 Å². The fraction of sp³-hybridized carbons (Fsp3) is 0.316. The molecule has 1 N–H and O–H groups in total. The van der Waals surface area contributed by atoms with E-state index in [-0.39, 0.29) is 5.91 Å². The lowest BCUT2D eigenvalue weighted by atomic mass is 9.99. The Kier molecular flexibility index (Phi) is 5.90. The highest BCUT2D eigenvalue weighted by atomic mass is 32.2. The van der Waals surface area contributed by atoms with Crippen LogP contribution in [0.1, 0.15) is 26.5 Å². The van der Waals surface area contributed by atoms with Gasteiger partial charge in [0.15, 0.2) is 0 Å². The van der Waals surface area contributed by atoms with E-state index in [1.807, 2.05) is 35.2 Å². The molecule has 2 aromatic rings. The minimum absolute atomic E-state index is 0.0423. The molecular formula is C19H22N2O3S2. The third-order valence-corrected chi connectivity index (χ3v) is 6.11. The summed E-state index contributed by atoms with van der Waals surface area (Å²) in [5.74, 6) is 0.0423. The van der Waals surface area contributed by atoms with Gasteiger partial charge in [0.1, 0.15) is 0 Å². The number of benzene rings is 1. The number of nitrogens with one attached hydrogen (secondary N) is 1. The van der Waals surface area contributed by atoms with Gasteiger partial charge in [-0.2, -0.15) is 0 Å². The zero-order valence-corrected chi connectivity index (χ0v) is 16.3. The summed E-state index contributed by atoms with van der Waals surface area (Å²) in [5.41, 5.74) is 2.50. The summed E-state index contributed by atoms with van der Waals surface area (Å²) in [6.07, 6.45) is 4.71. The number of carbonyl (C=O) groups excluding carboxylic acids is 1. The van der Waals surface area contributed by atoms with Crippen LogP contribution in [0.25, 0.3) is 5.57 Å². The molecule has 1 aliphatic heterocycles. The summed E-state index contributed by atoms with van der Waals surface area (Å²) in [4.78, 5) is 16.2. The molecule has 1 amide bonds. The van der Waals surface area contributed by atoms with Gasteiger partial charge in [0.25, 0.3) is 5.91 Å². The van der Waals surface area contributed by atoms with E-state index in [2.05, 4.69) is 22.9 Å². The van der Waals surface area contributed by atoms with Gasteiger partial charge in [-0.25, -0.2) is 13.1 Å². The van der Waals surface area contributed by atoms with Crippen LogP contribution in [0.15, 0.2) is 48.5 Å². The lowest BCUT2D eigenvalue weighted by molar-refractivity contribution is 0.0777. The third kappa shape index (κ3) is 5.03. The molecule has 138 valence electrons. The van der Waals surface area contributed by atoms with E-state index >= 15 is 0 Å². The summed E-state index contributed by atoms with van der Waals surface area (Å²) in [7, 11) is -3.18. The maximum absolute atomic E-state index is 12.7. The van der Waals surface area contributed by atoms with Crippen molar-refractivity contribution in [3.63, 3.8) is 0 Å². The molecule has 0 spiro atoms. The van der Waals surface area contributed by atoms with Gasteiger partial charge < -0.3 is 4.90 Å². The van der Waals surface area contributed by atoms with Crippen LogP contribution in [0.4, 0.5) is 0 Å². The first-order valence-corrected chi connectivity index (χ1v) is 11.2. The van der Waals surface area contributed by atoms with Crippen LogP contribution in [0.3, 0.4) is 0 Å². The largest absolute Gasteiger partial charge is 0.334 e. The molecule has 5 nitrogen and oxygen atoms in total. The summed E-state index contributed by atoms with van der Waals surface area (Å²) in [6, 6.07) is 14.0. The molecule has 1 aromatic carbocycles. The van der Waals surface area contributed by atoms with Crippen molar-refractivity contribution >= 4 is 32.8 Å². The first kappa shape index (κ1) is 18.8. The van der Waals surface area contributed by atoms with E-state index in [4.69, 9.17) is 0 Å². The van der Waals surface area contributed by atoms with E-state index in [0.29, 0.717) is 30.9 Å². The Morgan fingerprint density at radius 1 is 1.19 bits per heavy atom. The molecule has 0 bridgehead atoms. The summed E-state index contributed by atoms with van der Waals surface area (Å²) in [5, 5.41) is 0. The highest BCUT2D eigenvalue weighted by Crippen LogP contribution is 2.25. The minimum atomic E-state index is -3.18. The van der Waals surface area contributed by atoms with Crippen molar-refractivity contribution in [1.82, 2.24) is 9.62 Å². The Hall–Kier alpha value is -1.96. The number of thiophene rings is 1. The highest BCUT2D eigenvalue weighted by molar-refractivity contribution is 7.88. The van der Waals surface area contributed by atoms with Gasteiger partial charge >= 0.3 is 0 Å². The Morgan fingerprint density at radius 3 is 2.62 bits per heavy atom. The SMILES string of the molecule is CS(=O)(=O)NCCc1ccc(C(=O)N2CC=C(c3ccccc3)CC2)s1. The van der Waals surface area contributed by atoms with Crippen LogP contribution in [0.2, 0.25) is 0 Å². The van der Waals surface area contributed by atoms with Crippen molar-refractivity contribution in [1.29, 1.82) is 0 Å². The monoisotopic (exact) mass is 390 g/mol. The molecule has 0 radical (unpaired) electrons. The Bertz CT molecular complexity index is 902. The zero-order chi connectivity index (χ0) is 18.6. The molecule has 0 saturated heterocycles. The molecule has 3 rings (SSSR count). The lowest BCUT2D eigenvalue weighted by Gasteiger charge is -2.26. The molecule has 26 heavy (non-hydrogen) atoms. The molecule has 2 heterocycles. The molecular weight excluding hydrogens is 368 g/mol. The van der Waals surface area contributed by atoms with Crippen LogP contribution in [0, 0.1) is 0 Å². The standard InChI is InChI=1S/C19H22N2O3S2/c1-26(23,24)20-12-9-17-7-8-18(25-17)19(22)21-13-10-16(11-14-21)15-5-3-2-4-6-15/h2-8,10,20H,9,11-14H2,1H3. The van der Waals surface area contributed by atoms with Crippen molar-refractivity contribution in [2.45, 2.75) is 12.8 Å². The van der Waals surface area contributed by atoms with Gasteiger partial charge in [0.05, 0.1) is 11.1 Å². The van der Waals surface area contributed by atoms with E-state index in [1.165, 1.54) is 22.5 Å². The van der Waals surface area contributed by atoms with Crippen LogP contribution in [-0.4, -0.2) is 45.1 Å². The van der Waals surface area contributed by atoms with E-state index in [1.54, 1.807) is 0 Å². The van der Waals surface area contributed by atoms with Gasteiger partial charge in [-0.05, 0) is 36.1 Å². The van der Waals surface area contributed by atoms with Gasteiger partial charge in [-0.1, -0.05) is 36.4 Å². The van der Waals surface area contributed by atoms with Gasteiger partial charge in [0.2, 0.25) is 10.0 Å². The van der Waals surface area contributed by atoms with Gasteiger partial charge in [-0.15, -0.1) is 11.3 Å². The Morgan fingerprint density at radius 2 is 1.96 bits per heavy atom. The first-order valence-electron chi connectivity index (χ1n) is 8.49. The molecule has 1 aliphatic rings. The number of amides is 1. The van der Waals surface area contributed by atoms with E-state index in [0.717, 1.165) is 17.6 Å². The fourth-order valence-electron chi connectivity index (χ4n) is 2.91. The minimum Gasteiger partial charge on any atom is -0.334 e. The molecule has 0 saturated carbocycles. The van der Waals surface area contributed by atoms with Crippen molar-refractivity contribution in [3.05, 3.63) is 63.9 Å². The van der Waals surface area contributed by atoms with Crippen LogP contribution in [0.5, 0.6) is 0 Å². The number of hydrogen-bond acceptors (Lipinski definition) is 4. The molecule has 0 unspecified atom stereocenters. The first-order chi connectivity index (χ1) is 12.4. The molecule has 0 aliphatic carbocycles. The zero-order valence-electron chi connectivity index (χ0n) is 14.6. The smallest absolute Gasteiger partial charge is 0.264 e. The number of nitrogens with zero attached hydrogens (tertiary/aromatic N) is 1. The maximum atomic E-state index is 12.7. The third-order valence-electron chi connectivity index (χ3n) is 4.25. The predicted molar refractivity (Wildman–Crippen MR) is 106 cm³/mol.